The summed E-state index contributed by atoms with van der Waals surface area (Å²) in [6, 6.07) is 14.8. The van der Waals surface area contributed by atoms with Crippen LogP contribution in [0.1, 0.15) is 148 Å². The predicted molar refractivity (Wildman–Crippen MR) is 339 cm³/mol. The van der Waals surface area contributed by atoms with Crippen LogP contribution in [-0.2, 0) is 76.1 Å². The van der Waals surface area contributed by atoms with Gasteiger partial charge in [-0.2, -0.15) is 35.1 Å². The highest BCUT2D eigenvalue weighted by molar-refractivity contribution is 6.07. The third-order valence-electron chi connectivity index (χ3n) is 17.2. The van der Waals surface area contributed by atoms with Gasteiger partial charge in [-0.3, -0.25) is 34.4 Å². The van der Waals surface area contributed by atoms with Crippen molar-refractivity contribution in [1.29, 1.82) is 0 Å². The Bertz CT molecular complexity index is 3690. The highest BCUT2D eigenvalue weighted by atomic mass is 19.3. The van der Waals surface area contributed by atoms with E-state index >= 15 is 0 Å². The molecule has 0 spiro atoms. The topological polar surface area (TPSA) is 205 Å². The Morgan fingerprint density at radius 1 is 0.637 bits per heavy atom. The van der Waals surface area contributed by atoms with Crippen molar-refractivity contribution in [2.75, 3.05) is 50.1 Å². The number of rotatable bonds is 18. The second-order valence-electron chi connectivity index (χ2n) is 23.1. The molecule has 1 aliphatic carbocycles. The van der Waals surface area contributed by atoms with Crippen molar-refractivity contribution in [2.45, 2.75) is 148 Å². The number of aryl methyl sites for hydroxylation is 1. The number of nitrogens with zero attached hydrogens (tertiary/aromatic N) is 11. The monoisotopic (exact) mass is 1270 g/mol. The number of benzene rings is 1. The van der Waals surface area contributed by atoms with E-state index in [0.29, 0.717) is 59.3 Å². The first-order valence-electron chi connectivity index (χ1n) is 31.0. The van der Waals surface area contributed by atoms with Crippen molar-refractivity contribution >= 4 is 50.6 Å². The number of imidazole rings is 3. The second kappa shape index (κ2) is 31.4. The fourth-order valence-corrected chi connectivity index (χ4v) is 11.5. The number of aromatic nitrogens is 10. The van der Waals surface area contributed by atoms with E-state index in [4.69, 9.17) is 5.73 Å². The molecule has 1 saturated carbocycles. The van der Waals surface area contributed by atoms with Crippen molar-refractivity contribution in [3.05, 3.63) is 143 Å². The highest BCUT2D eigenvalue weighted by Crippen LogP contribution is 2.37. The largest absolute Gasteiger partial charge is 0.396 e. The van der Waals surface area contributed by atoms with Crippen LogP contribution in [-0.4, -0.2) is 105 Å². The zero-order valence-electron chi connectivity index (χ0n) is 53.4. The molecule has 0 radical (unpaired) electrons. The number of alkyl halides is 8. The van der Waals surface area contributed by atoms with Gasteiger partial charge in [0.1, 0.15) is 5.52 Å². The number of hydrogen-bond donors (Lipinski definition) is 4. The van der Waals surface area contributed by atoms with E-state index in [-0.39, 0.29) is 48.9 Å². The van der Waals surface area contributed by atoms with Crippen molar-refractivity contribution < 1.29 is 44.7 Å². The van der Waals surface area contributed by atoms with E-state index in [1.54, 1.807) is 74.2 Å². The summed E-state index contributed by atoms with van der Waals surface area (Å²) in [4.78, 5) is 54.9. The number of carbonyl (C=O) groups is 2. The minimum absolute atomic E-state index is 0.0931. The summed E-state index contributed by atoms with van der Waals surface area (Å²) in [6.45, 7) is 9.69. The smallest absolute Gasteiger partial charge is 0.305 e. The van der Waals surface area contributed by atoms with E-state index in [1.165, 1.54) is 50.9 Å². The van der Waals surface area contributed by atoms with Crippen LogP contribution in [0.4, 0.5) is 52.2 Å². The maximum Gasteiger partial charge on any atom is 0.305 e. The molecule has 0 bridgehead atoms. The molecule has 2 aliphatic heterocycles. The molecule has 9 heterocycles. The number of fused-ring (bicyclic) bond motifs is 4. The first-order chi connectivity index (χ1) is 43.3. The molecule has 1 fully saturated rings. The molecular weight excluding hydrogens is 1190 g/mol. The van der Waals surface area contributed by atoms with Gasteiger partial charge in [-0.1, -0.05) is 58.7 Å². The molecule has 11 rings (SSSR count). The van der Waals surface area contributed by atoms with Crippen LogP contribution in [0.15, 0.2) is 91.9 Å². The summed E-state index contributed by atoms with van der Waals surface area (Å²) in [6.07, 6.45) is 17.4. The van der Waals surface area contributed by atoms with Crippen molar-refractivity contribution in [1.82, 2.24) is 58.8 Å². The van der Waals surface area contributed by atoms with Crippen LogP contribution in [0.25, 0.3) is 21.9 Å². The van der Waals surface area contributed by atoms with Crippen LogP contribution in [0.2, 0.25) is 0 Å². The molecule has 5 N–H and O–H groups in total. The first kappa shape index (κ1) is 70.5. The Morgan fingerprint density at radius 2 is 1.22 bits per heavy atom. The molecule has 7 aromatic heterocycles. The normalized spacial score (nSPS) is 15.9. The summed E-state index contributed by atoms with van der Waals surface area (Å²) >= 11 is 0. The fourth-order valence-electron chi connectivity index (χ4n) is 11.5. The lowest BCUT2D eigenvalue weighted by atomic mass is 9.78. The van der Waals surface area contributed by atoms with Crippen molar-refractivity contribution in [2.24, 2.45) is 33.0 Å². The van der Waals surface area contributed by atoms with Gasteiger partial charge in [0.2, 0.25) is 5.78 Å². The van der Waals surface area contributed by atoms with Gasteiger partial charge in [-0.05, 0) is 68.0 Å². The molecule has 17 nitrogen and oxygen atoms in total. The molecular formula is C66H85F8N15O2. The number of nitrogens with one attached hydrogen (secondary N) is 3. The average Bonchev–Trinajstić information content (AvgIpc) is 1.73. The maximum atomic E-state index is 14.3. The van der Waals surface area contributed by atoms with Crippen LogP contribution in [0.5, 0.6) is 0 Å². The molecule has 3 aliphatic rings. The van der Waals surface area contributed by atoms with Crippen LogP contribution in [0, 0.1) is 11.8 Å². The summed E-state index contributed by atoms with van der Waals surface area (Å²) in [7, 11) is 8.48. The highest BCUT2D eigenvalue weighted by Gasteiger charge is 2.39. The van der Waals surface area contributed by atoms with Gasteiger partial charge in [0, 0.05) is 177 Å². The molecule has 91 heavy (non-hydrogen) atoms. The summed E-state index contributed by atoms with van der Waals surface area (Å²) in [5, 5.41) is 9.84. The van der Waals surface area contributed by atoms with Crippen LogP contribution >= 0.6 is 0 Å². The SMILES string of the molecule is CCC(F)(F)C(=O)Cc1cnccc1NC.CCC(F)(F)c1nc2c(n1C)CCN(CCC1CCC(CC(=O)c3cccc4ncccc34)CC1)C2.CCC(F)(F)c1nc2c(n1C)CCNC2.CCC(F)(F)c1nc2cnccc2n1C.CNc1ccncc1N. The number of pyridine rings is 4. The number of anilines is 3. The van der Waals surface area contributed by atoms with Crippen LogP contribution in [0.3, 0.4) is 0 Å². The minimum Gasteiger partial charge on any atom is -0.396 e. The second-order valence-corrected chi connectivity index (χ2v) is 23.1. The third-order valence-corrected chi connectivity index (χ3v) is 17.2. The standard InChI is InChI=1S/C29H36F2N4O.C11H14F2N2O.C10H15F2N3.C10H11F2N3.C6H9N3/c1-3-29(30,31)28-33-25-19-35(17-14-26(25)34(28)2)16-13-20-9-11-21(12-10-20)18-27(36)23-6-4-8-24-22(23)7-5-15-32-24;1-3-11(12,13)10(16)6-8-7-15-5-4-9(8)14-2;2*1-3-10(11,12)9-14-7-6-13-5-4-8(7)15(9)2;1-8-6-2-3-9-4-5(6)7/h4-8,15,20-21H,3,9-14,16-19H2,1-2H3;4-5,7H,3,6H2,1-2H3,(H,14,15);13H,3-6H2,1-2H3;4-6H,3H2,1-2H3;2-4H,7H2,1H3,(H,8,9). The lowest BCUT2D eigenvalue weighted by Crippen LogP contribution is -2.33. The number of nitrogen functional groups attached to an aromatic ring is 1. The summed E-state index contributed by atoms with van der Waals surface area (Å²) < 4.78 is 113. The molecule has 0 saturated heterocycles. The zero-order valence-corrected chi connectivity index (χ0v) is 53.4. The Hall–Kier alpha value is -7.93. The number of hydrogen-bond acceptors (Lipinski definition) is 14. The van der Waals surface area contributed by atoms with Gasteiger partial charge in [0.05, 0.1) is 46.2 Å². The first-order valence-corrected chi connectivity index (χ1v) is 31.0. The molecule has 1 aromatic carbocycles. The molecule has 0 unspecified atom stereocenters. The third kappa shape index (κ3) is 17.6. The Morgan fingerprint density at radius 3 is 1.81 bits per heavy atom. The van der Waals surface area contributed by atoms with Gasteiger partial charge in [-0.15, -0.1) is 0 Å². The number of Topliss-reactive ketones (excluding diaryl/α,β-unsaturated/α-hetero) is 2. The molecule has 0 atom stereocenters. The van der Waals surface area contributed by atoms with Crippen LogP contribution < -0.4 is 21.7 Å². The molecule has 0 amide bonds. The van der Waals surface area contributed by atoms with Gasteiger partial charge < -0.3 is 35.4 Å². The van der Waals surface area contributed by atoms with Gasteiger partial charge in [0.15, 0.2) is 23.3 Å². The van der Waals surface area contributed by atoms with Gasteiger partial charge in [-0.25, -0.2) is 15.0 Å². The van der Waals surface area contributed by atoms with Crippen molar-refractivity contribution in [3.63, 3.8) is 0 Å². The number of ketones is 2. The lowest BCUT2D eigenvalue weighted by molar-refractivity contribution is -0.142. The quantitative estimate of drug-likeness (QED) is 0.0466. The number of halogens is 8. The molecule has 25 heteroatoms. The minimum atomic E-state index is -3.25. The van der Waals surface area contributed by atoms with E-state index in [9.17, 15) is 44.7 Å². The predicted octanol–water partition coefficient (Wildman–Crippen LogP) is 13.3. The Labute approximate surface area is 526 Å². The van der Waals surface area contributed by atoms with E-state index in [2.05, 4.69) is 55.7 Å². The van der Waals surface area contributed by atoms with Gasteiger partial charge >= 0.3 is 23.7 Å². The molecule has 8 aromatic rings. The van der Waals surface area contributed by atoms with E-state index in [0.717, 1.165) is 110 Å². The van der Waals surface area contributed by atoms with E-state index in [1.807, 2.05) is 43.4 Å². The van der Waals surface area contributed by atoms with Gasteiger partial charge in [0.25, 0.3) is 0 Å². The van der Waals surface area contributed by atoms with E-state index < -0.39 is 35.9 Å². The molecule has 492 valence electrons. The average molecular weight is 1270 g/mol. The zero-order chi connectivity index (χ0) is 66.3. The van der Waals surface area contributed by atoms with Crippen molar-refractivity contribution in [3.8, 4) is 0 Å². The number of nitrogens with two attached hydrogens (primary N) is 1. The summed E-state index contributed by atoms with van der Waals surface area (Å²) in [5.41, 5.74) is 14.6. The number of carbonyl (C=O) groups excluding carboxylic acids is 2. The lowest BCUT2D eigenvalue weighted by Gasteiger charge is -2.31. The maximum absolute atomic E-state index is 14.3. The Balaban J connectivity index is 0.000000178. The Kier molecular flexibility index (Phi) is 24.3. The summed E-state index contributed by atoms with van der Waals surface area (Å²) in [5.74, 6) is -11.9. The fraction of sp³-hybridized carbons (Fsp3) is 0.500.